The van der Waals surface area contributed by atoms with Crippen LogP contribution in [0.1, 0.15) is 22.8 Å². The summed E-state index contributed by atoms with van der Waals surface area (Å²) in [6.07, 6.45) is 2.07. The number of hydrogen-bond donors (Lipinski definition) is 2. The van der Waals surface area contributed by atoms with E-state index in [1.165, 1.54) is 44.2 Å². The van der Waals surface area contributed by atoms with Gasteiger partial charge in [0.2, 0.25) is 0 Å². The summed E-state index contributed by atoms with van der Waals surface area (Å²) in [7, 11) is 0. The molecule has 4 nitrogen and oxygen atoms in total. The van der Waals surface area contributed by atoms with Gasteiger partial charge in [-0.25, -0.2) is 9.97 Å². The van der Waals surface area contributed by atoms with Gasteiger partial charge in [-0.3, -0.25) is 0 Å². The molecule has 0 atom stereocenters. The Kier molecular flexibility index (Phi) is 3.49. The van der Waals surface area contributed by atoms with E-state index < -0.39 is 0 Å². The third-order valence-electron chi connectivity index (χ3n) is 6.84. The molecule has 7 rings (SSSR count). The largest absolute Gasteiger partial charge is 0.342 e. The maximum atomic E-state index is 4.75. The number of benzene rings is 4. The molecule has 0 radical (unpaired) electrons. The van der Waals surface area contributed by atoms with E-state index in [1.807, 2.05) is 13.8 Å². The Balaban J connectivity index is 1.34. The fourth-order valence-electron chi connectivity index (χ4n) is 5.37. The summed E-state index contributed by atoms with van der Waals surface area (Å²) < 4.78 is 0. The molecule has 2 aromatic heterocycles. The Hall–Kier alpha value is -3.92. The van der Waals surface area contributed by atoms with E-state index in [4.69, 9.17) is 4.98 Å². The highest BCUT2D eigenvalue weighted by Crippen LogP contribution is 2.39. The van der Waals surface area contributed by atoms with E-state index >= 15 is 0 Å². The summed E-state index contributed by atoms with van der Waals surface area (Å²) in [6, 6.07) is 22.4. The summed E-state index contributed by atoms with van der Waals surface area (Å²) in [5.41, 5.74) is 12.4. The summed E-state index contributed by atoms with van der Waals surface area (Å²) in [4.78, 5) is 16.1. The van der Waals surface area contributed by atoms with E-state index in [1.54, 1.807) is 0 Å². The molecule has 0 aliphatic heterocycles. The lowest BCUT2D eigenvalue weighted by molar-refractivity contribution is 0.948. The van der Waals surface area contributed by atoms with Crippen molar-refractivity contribution in [3.63, 3.8) is 0 Å². The lowest BCUT2D eigenvalue weighted by Crippen LogP contribution is -2.05. The second-order valence-electron chi connectivity index (χ2n) is 8.90. The molecular weight excluding hydrogens is 392 g/mol. The molecular formula is C28H22N4. The molecule has 2 heterocycles. The minimum Gasteiger partial charge on any atom is -0.342 e. The summed E-state index contributed by atoms with van der Waals surface area (Å²) in [6.45, 7) is 4.03. The topological polar surface area (TPSA) is 57.4 Å². The Morgan fingerprint density at radius 3 is 2.22 bits per heavy atom. The molecule has 1 aliphatic carbocycles. The van der Waals surface area contributed by atoms with Gasteiger partial charge < -0.3 is 9.97 Å². The molecule has 4 aromatic carbocycles. The van der Waals surface area contributed by atoms with Crippen LogP contribution in [0.15, 0.2) is 60.7 Å². The van der Waals surface area contributed by atoms with Crippen LogP contribution in [0, 0.1) is 13.8 Å². The Morgan fingerprint density at radius 1 is 0.656 bits per heavy atom. The Morgan fingerprint density at radius 2 is 1.34 bits per heavy atom. The molecule has 0 amide bonds. The van der Waals surface area contributed by atoms with Gasteiger partial charge in [-0.15, -0.1) is 0 Å². The molecule has 154 valence electrons. The van der Waals surface area contributed by atoms with Crippen LogP contribution in [0.3, 0.4) is 0 Å². The van der Waals surface area contributed by atoms with Gasteiger partial charge in [-0.2, -0.15) is 0 Å². The number of aryl methyl sites for hydroxylation is 4. The first kappa shape index (κ1) is 17.7. The van der Waals surface area contributed by atoms with Crippen molar-refractivity contribution in [2.75, 3.05) is 0 Å². The Labute approximate surface area is 185 Å². The second-order valence-corrected chi connectivity index (χ2v) is 8.90. The minimum atomic E-state index is 0.953. The fourth-order valence-corrected chi connectivity index (χ4v) is 5.37. The van der Waals surface area contributed by atoms with Crippen molar-refractivity contribution < 1.29 is 0 Å². The van der Waals surface area contributed by atoms with Crippen LogP contribution in [0.4, 0.5) is 0 Å². The van der Waals surface area contributed by atoms with Gasteiger partial charge in [0, 0.05) is 5.39 Å². The molecule has 4 heteroatoms. The van der Waals surface area contributed by atoms with Gasteiger partial charge in [-0.1, -0.05) is 42.5 Å². The molecule has 0 unspecified atom stereocenters. The van der Waals surface area contributed by atoms with Crippen molar-refractivity contribution in [3.05, 3.63) is 83.4 Å². The van der Waals surface area contributed by atoms with Crippen LogP contribution in [-0.2, 0) is 12.8 Å². The van der Waals surface area contributed by atoms with Crippen LogP contribution in [0.2, 0.25) is 0 Å². The first-order valence-electron chi connectivity index (χ1n) is 11.1. The van der Waals surface area contributed by atoms with E-state index in [9.17, 15) is 0 Å². The monoisotopic (exact) mass is 414 g/mol. The number of rotatable bonds is 1. The normalized spacial score (nSPS) is 13.1. The van der Waals surface area contributed by atoms with E-state index in [2.05, 4.69) is 75.6 Å². The number of fused-ring (bicyclic) bond motifs is 8. The molecule has 0 spiro atoms. The highest BCUT2D eigenvalue weighted by Gasteiger charge is 2.20. The molecule has 0 saturated heterocycles. The molecule has 2 N–H and O–H groups in total. The van der Waals surface area contributed by atoms with Crippen molar-refractivity contribution in [2.24, 2.45) is 0 Å². The predicted molar refractivity (Wildman–Crippen MR) is 131 cm³/mol. The van der Waals surface area contributed by atoms with Crippen LogP contribution < -0.4 is 0 Å². The second kappa shape index (κ2) is 6.30. The molecule has 0 saturated carbocycles. The van der Waals surface area contributed by atoms with Gasteiger partial charge in [0.25, 0.3) is 0 Å². The zero-order valence-corrected chi connectivity index (χ0v) is 18.1. The SMILES string of the molecule is Cc1nc2c3c(ccc2[nH]1)-c1ccc(-c2ccc4c(ccc5[nH]c(C)nc54)c2)cc1CC3. The highest BCUT2D eigenvalue weighted by atomic mass is 14.9. The van der Waals surface area contributed by atoms with E-state index in [0.29, 0.717) is 0 Å². The van der Waals surface area contributed by atoms with Crippen LogP contribution in [0.5, 0.6) is 0 Å². The number of hydrogen-bond acceptors (Lipinski definition) is 2. The van der Waals surface area contributed by atoms with Crippen molar-refractivity contribution in [1.82, 2.24) is 19.9 Å². The average Bonchev–Trinajstić information content (AvgIpc) is 3.39. The zero-order valence-electron chi connectivity index (χ0n) is 18.1. The van der Waals surface area contributed by atoms with Crippen molar-refractivity contribution >= 4 is 32.8 Å². The number of aromatic nitrogens is 4. The lowest BCUT2D eigenvalue weighted by atomic mass is 9.83. The minimum absolute atomic E-state index is 0.953. The fraction of sp³-hybridized carbons (Fsp3) is 0.143. The van der Waals surface area contributed by atoms with Crippen LogP contribution in [-0.4, -0.2) is 19.9 Å². The summed E-state index contributed by atoms with van der Waals surface area (Å²) in [5, 5.41) is 2.42. The van der Waals surface area contributed by atoms with Gasteiger partial charge >= 0.3 is 0 Å². The van der Waals surface area contributed by atoms with Gasteiger partial charge in [-0.05, 0) is 83.7 Å². The van der Waals surface area contributed by atoms with Crippen LogP contribution >= 0.6 is 0 Å². The molecule has 32 heavy (non-hydrogen) atoms. The van der Waals surface area contributed by atoms with Gasteiger partial charge in [0.15, 0.2) is 0 Å². The summed E-state index contributed by atoms with van der Waals surface area (Å²) in [5.74, 6) is 1.93. The molecule has 0 bridgehead atoms. The molecule has 0 fully saturated rings. The maximum absolute atomic E-state index is 4.75. The van der Waals surface area contributed by atoms with Crippen molar-refractivity contribution in [1.29, 1.82) is 0 Å². The predicted octanol–water partition coefficient (Wildman–Crippen LogP) is 6.64. The first-order chi connectivity index (χ1) is 15.6. The third-order valence-corrected chi connectivity index (χ3v) is 6.84. The van der Waals surface area contributed by atoms with Crippen LogP contribution in [0.25, 0.3) is 55.1 Å². The lowest BCUT2D eigenvalue weighted by Gasteiger charge is -2.21. The smallest absolute Gasteiger partial charge is 0.104 e. The molecule has 1 aliphatic rings. The molecule has 6 aromatic rings. The third kappa shape index (κ3) is 2.50. The maximum Gasteiger partial charge on any atom is 0.104 e. The number of aromatic amines is 2. The highest BCUT2D eigenvalue weighted by molar-refractivity contribution is 6.05. The number of H-pyrrole nitrogens is 2. The number of nitrogens with zero attached hydrogens (tertiary/aromatic N) is 2. The number of nitrogens with one attached hydrogen (secondary N) is 2. The summed E-state index contributed by atoms with van der Waals surface area (Å²) >= 11 is 0. The Bertz CT molecular complexity index is 1700. The number of imidazole rings is 2. The average molecular weight is 415 g/mol. The van der Waals surface area contributed by atoms with E-state index in [0.717, 1.165) is 46.6 Å². The van der Waals surface area contributed by atoms with Gasteiger partial charge in [0.05, 0.1) is 22.1 Å². The standard InChI is InChI=1S/C28H22N4/c1-15-29-25-11-6-20-14-18(4-8-22(20)27(25)31-15)17-3-7-21-19(13-17)5-9-24-23(21)10-12-26-28(24)32-16(2)30-26/h3-4,6-8,10-14H,5,9H2,1-2H3,(H,29,31)(H,30,32). The van der Waals surface area contributed by atoms with Gasteiger partial charge in [0.1, 0.15) is 11.6 Å². The van der Waals surface area contributed by atoms with Crippen molar-refractivity contribution in [3.8, 4) is 22.3 Å². The zero-order chi connectivity index (χ0) is 21.4. The van der Waals surface area contributed by atoms with Crippen molar-refractivity contribution in [2.45, 2.75) is 26.7 Å². The quantitative estimate of drug-likeness (QED) is 0.317. The first-order valence-corrected chi connectivity index (χ1v) is 11.1. The van der Waals surface area contributed by atoms with E-state index in [-0.39, 0.29) is 0 Å².